The zero-order valence-electron chi connectivity index (χ0n) is 16.2. The van der Waals surface area contributed by atoms with Crippen LogP contribution in [-0.4, -0.2) is 42.2 Å². The maximum absolute atomic E-state index is 12.6. The number of carbonyl (C=O) groups is 3. The van der Waals surface area contributed by atoms with Crippen molar-refractivity contribution in [3.05, 3.63) is 71.8 Å². The van der Waals surface area contributed by atoms with Gasteiger partial charge < -0.3 is 14.2 Å². The number of nitrogens with zero attached hydrogens (tertiary/aromatic N) is 1. The van der Waals surface area contributed by atoms with E-state index in [2.05, 4.69) is 0 Å². The van der Waals surface area contributed by atoms with Gasteiger partial charge in [-0.2, -0.15) is 0 Å². The van der Waals surface area contributed by atoms with E-state index in [0.717, 1.165) is 11.1 Å². The Balaban J connectivity index is 1.76. The third-order valence-electron chi connectivity index (χ3n) is 4.59. The second-order valence-electron chi connectivity index (χ2n) is 6.53. The van der Waals surface area contributed by atoms with Crippen LogP contribution in [0.2, 0.25) is 0 Å². The summed E-state index contributed by atoms with van der Waals surface area (Å²) in [5.74, 6) is -1.25. The Labute approximate surface area is 169 Å². The van der Waals surface area contributed by atoms with E-state index >= 15 is 0 Å². The molecule has 1 heterocycles. The molecule has 1 amide bonds. The maximum atomic E-state index is 12.6. The highest BCUT2D eigenvalue weighted by Gasteiger charge is 2.43. The zero-order valence-corrected chi connectivity index (χ0v) is 16.2. The highest BCUT2D eigenvalue weighted by Crippen LogP contribution is 2.30. The van der Waals surface area contributed by atoms with Crippen LogP contribution in [0.1, 0.15) is 30.5 Å². The minimum absolute atomic E-state index is 0.00275. The number of ether oxygens (including phenoxy) is 3. The van der Waals surface area contributed by atoms with Gasteiger partial charge in [0.1, 0.15) is 19.3 Å². The molecule has 1 fully saturated rings. The Bertz CT molecular complexity index is 839. The SMILES string of the molecule is CCOC(=O)N1[C@H](CC(=O)OCc2ccccc2)C(=O)OC[C@H]1c1ccccc1. The van der Waals surface area contributed by atoms with Crippen LogP contribution in [0, 0.1) is 0 Å². The van der Waals surface area contributed by atoms with Gasteiger partial charge >= 0.3 is 18.0 Å². The molecule has 1 saturated heterocycles. The highest BCUT2D eigenvalue weighted by atomic mass is 16.6. The number of carbonyl (C=O) groups excluding carboxylic acids is 3. The predicted octanol–water partition coefficient (Wildman–Crippen LogP) is 3.25. The Kier molecular flexibility index (Phi) is 6.84. The van der Waals surface area contributed by atoms with Crippen LogP contribution in [0.15, 0.2) is 60.7 Å². The van der Waals surface area contributed by atoms with Crippen LogP contribution in [0.5, 0.6) is 0 Å². The molecule has 2 atom stereocenters. The predicted molar refractivity (Wildman–Crippen MR) is 104 cm³/mol. The standard InChI is InChI=1S/C22H23NO6/c1-2-27-22(26)23-18(13-20(24)28-14-16-9-5-3-6-10-16)21(25)29-15-19(23)17-11-7-4-8-12-17/h3-12,18-19H,2,13-15H2,1H3/t18-,19+/m1/s1. The van der Waals surface area contributed by atoms with Crippen LogP contribution in [0.25, 0.3) is 0 Å². The molecule has 0 radical (unpaired) electrons. The fourth-order valence-electron chi connectivity index (χ4n) is 3.19. The summed E-state index contributed by atoms with van der Waals surface area (Å²) in [7, 11) is 0. The summed E-state index contributed by atoms with van der Waals surface area (Å²) >= 11 is 0. The number of cyclic esters (lactones) is 1. The Morgan fingerprint density at radius 2 is 1.69 bits per heavy atom. The first kappa shape index (κ1) is 20.4. The molecule has 7 heteroatoms. The van der Waals surface area contributed by atoms with Crippen LogP contribution in [0.3, 0.4) is 0 Å². The summed E-state index contributed by atoms with van der Waals surface area (Å²) in [5.41, 5.74) is 1.62. The van der Waals surface area contributed by atoms with Crippen LogP contribution >= 0.6 is 0 Å². The summed E-state index contributed by atoms with van der Waals surface area (Å²) < 4.78 is 15.7. The lowest BCUT2D eigenvalue weighted by Gasteiger charge is -2.39. The van der Waals surface area contributed by atoms with E-state index < -0.39 is 30.1 Å². The molecular formula is C22H23NO6. The number of esters is 2. The molecule has 0 unspecified atom stereocenters. The van der Waals surface area contributed by atoms with Crippen molar-refractivity contribution in [2.45, 2.75) is 32.0 Å². The number of benzene rings is 2. The lowest BCUT2D eigenvalue weighted by atomic mass is 10.0. The molecule has 0 saturated carbocycles. The van der Waals surface area contributed by atoms with E-state index in [1.54, 1.807) is 6.92 Å². The van der Waals surface area contributed by atoms with Crippen molar-refractivity contribution < 1.29 is 28.6 Å². The van der Waals surface area contributed by atoms with E-state index in [4.69, 9.17) is 14.2 Å². The van der Waals surface area contributed by atoms with Crippen LogP contribution < -0.4 is 0 Å². The molecule has 0 bridgehead atoms. The molecule has 0 N–H and O–H groups in total. The molecule has 29 heavy (non-hydrogen) atoms. The van der Waals surface area contributed by atoms with Gasteiger partial charge in [0, 0.05) is 0 Å². The summed E-state index contributed by atoms with van der Waals surface area (Å²) in [5, 5.41) is 0. The van der Waals surface area contributed by atoms with Crippen LogP contribution in [-0.2, 0) is 30.4 Å². The molecule has 7 nitrogen and oxygen atoms in total. The van der Waals surface area contributed by atoms with Gasteiger partial charge in [-0.05, 0) is 18.1 Å². The maximum Gasteiger partial charge on any atom is 0.411 e. The second kappa shape index (κ2) is 9.73. The lowest BCUT2D eigenvalue weighted by Crippen LogP contribution is -2.54. The quantitative estimate of drug-likeness (QED) is 0.550. The first-order valence-corrected chi connectivity index (χ1v) is 9.46. The molecule has 0 spiro atoms. The van der Waals surface area contributed by atoms with Gasteiger partial charge in [-0.3, -0.25) is 9.69 Å². The summed E-state index contributed by atoms with van der Waals surface area (Å²) in [6.07, 6.45) is -0.979. The lowest BCUT2D eigenvalue weighted by molar-refractivity contribution is -0.166. The van der Waals surface area contributed by atoms with E-state index in [-0.39, 0.29) is 26.2 Å². The fraction of sp³-hybridized carbons (Fsp3) is 0.318. The molecule has 1 aliphatic heterocycles. The molecule has 0 aromatic heterocycles. The van der Waals surface area contributed by atoms with Crippen molar-refractivity contribution in [3.8, 4) is 0 Å². The molecule has 1 aliphatic rings. The minimum atomic E-state index is -1.11. The van der Waals surface area contributed by atoms with E-state index in [0.29, 0.717) is 0 Å². The number of rotatable bonds is 6. The molecule has 2 aromatic rings. The Morgan fingerprint density at radius 1 is 1.03 bits per heavy atom. The van der Waals surface area contributed by atoms with E-state index in [1.807, 2.05) is 60.7 Å². The monoisotopic (exact) mass is 397 g/mol. The van der Waals surface area contributed by atoms with Gasteiger partial charge in [-0.15, -0.1) is 0 Å². The summed E-state index contributed by atoms with van der Waals surface area (Å²) in [4.78, 5) is 38.7. The molecule has 152 valence electrons. The number of amides is 1. The molecular weight excluding hydrogens is 374 g/mol. The topological polar surface area (TPSA) is 82.1 Å². The third-order valence-corrected chi connectivity index (χ3v) is 4.59. The fourth-order valence-corrected chi connectivity index (χ4v) is 3.19. The first-order valence-electron chi connectivity index (χ1n) is 9.46. The van der Waals surface area contributed by atoms with E-state index in [1.165, 1.54) is 4.90 Å². The number of morpholine rings is 1. The van der Waals surface area contributed by atoms with Gasteiger partial charge in [-0.25, -0.2) is 9.59 Å². The van der Waals surface area contributed by atoms with Gasteiger partial charge in [0.25, 0.3) is 0 Å². The van der Waals surface area contributed by atoms with Crippen molar-refractivity contribution in [1.82, 2.24) is 4.90 Å². The average molecular weight is 397 g/mol. The Hall–Kier alpha value is -3.35. The van der Waals surface area contributed by atoms with Crippen molar-refractivity contribution in [3.63, 3.8) is 0 Å². The minimum Gasteiger partial charge on any atom is -0.462 e. The van der Waals surface area contributed by atoms with Crippen molar-refractivity contribution >= 4 is 18.0 Å². The van der Waals surface area contributed by atoms with Gasteiger partial charge in [0.05, 0.1) is 19.1 Å². The summed E-state index contributed by atoms with van der Waals surface area (Å²) in [6.45, 7) is 1.91. The van der Waals surface area contributed by atoms with Crippen molar-refractivity contribution in [2.24, 2.45) is 0 Å². The molecule has 3 rings (SSSR count). The number of hydrogen-bond donors (Lipinski definition) is 0. The largest absolute Gasteiger partial charge is 0.462 e. The smallest absolute Gasteiger partial charge is 0.411 e. The van der Waals surface area contributed by atoms with Gasteiger partial charge in [0.15, 0.2) is 0 Å². The molecule has 0 aliphatic carbocycles. The van der Waals surface area contributed by atoms with Crippen molar-refractivity contribution in [2.75, 3.05) is 13.2 Å². The first-order chi connectivity index (χ1) is 14.1. The highest BCUT2D eigenvalue weighted by molar-refractivity contribution is 5.87. The Morgan fingerprint density at radius 3 is 2.34 bits per heavy atom. The summed E-state index contributed by atoms with van der Waals surface area (Å²) in [6, 6.07) is 16.7. The second-order valence-corrected chi connectivity index (χ2v) is 6.53. The third kappa shape index (κ3) is 5.13. The zero-order chi connectivity index (χ0) is 20.6. The number of hydrogen-bond acceptors (Lipinski definition) is 6. The molecule has 2 aromatic carbocycles. The van der Waals surface area contributed by atoms with E-state index in [9.17, 15) is 14.4 Å². The average Bonchev–Trinajstić information content (AvgIpc) is 2.75. The van der Waals surface area contributed by atoms with Gasteiger partial charge in [0.2, 0.25) is 0 Å². The normalized spacial score (nSPS) is 18.7. The van der Waals surface area contributed by atoms with Crippen LogP contribution in [0.4, 0.5) is 4.79 Å². The van der Waals surface area contributed by atoms with Gasteiger partial charge in [-0.1, -0.05) is 60.7 Å². The van der Waals surface area contributed by atoms with Crippen molar-refractivity contribution in [1.29, 1.82) is 0 Å².